The number of esters is 3. The minimum Gasteiger partial charge on any atom is -0.462 e. The number of carbonyl (C=O) groups is 3. The van der Waals surface area contributed by atoms with Crippen LogP contribution in [0.4, 0.5) is 0 Å². The van der Waals surface area contributed by atoms with Crippen molar-refractivity contribution in [2.75, 3.05) is 13.2 Å². The number of carbonyl (C=O) groups excluding carboxylic acids is 3. The Hall–Kier alpha value is -3.41. The van der Waals surface area contributed by atoms with Crippen LogP contribution >= 0.6 is 0 Å². The molecule has 0 spiro atoms. The van der Waals surface area contributed by atoms with E-state index in [2.05, 4.69) is 106 Å². The Kier molecular flexibility index (Phi) is 66.2. The first kappa shape index (κ1) is 77.6. The highest BCUT2D eigenvalue weighted by Crippen LogP contribution is 2.17. The zero-order valence-corrected chi connectivity index (χ0v) is 53.8. The molecule has 6 heteroatoms. The summed E-state index contributed by atoms with van der Waals surface area (Å²) >= 11 is 0. The lowest BCUT2D eigenvalue weighted by Crippen LogP contribution is -2.30. The van der Waals surface area contributed by atoms with E-state index < -0.39 is 6.10 Å². The summed E-state index contributed by atoms with van der Waals surface area (Å²) in [5.74, 6) is -0.863. The normalized spacial score (nSPS) is 12.6. The Morgan fingerprint density at radius 3 is 0.765 bits per heavy atom. The highest BCUT2D eigenvalue weighted by atomic mass is 16.6. The van der Waals surface area contributed by atoms with E-state index in [1.807, 2.05) is 0 Å². The molecule has 1 unspecified atom stereocenters. The smallest absolute Gasteiger partial charge is 0.306 e. The molecule has 0 aromatic heterocycles. The molecule has 0 aromatic carbocycles. The predicted molar refractivity (Wildman–Crippen MR) is 353 cm³/mol. The topological polar surface area (TPSA) is 78.9 Å². The molecule has 0 rings (SSSR count). The summed E-state index contributed by atoms with van der Waals surface area (Å²) in [6.07, 6.45) is 91.9. The third-order valence-corrected chi connectivity index (χ3v) is 15.4. The maximum absolute atomic E-state index is 12.9. The minimum absolute atomic E-state index is 0.0735. The van der Waals surface area contributed by atoms with E-state index >= 15 is 0 Å². The fourth-order valence-corrected chi connectivity index (χ4v) is 10.2. The molecule has 0 aliphatic rings. The van der Waals surface area contributed by atoms with Crippen molar-refractivity contribution in [3.05, 3.63) is 85.1 Å². The summed E-state index contributed by atoms with van der Waals surface area (Å²) in [4.78, 5) is 38.3. The van der Waals surface area contributed by atoms with Gasteiger partial charge in [-0.15, -0.1) is 0 Å². The van der Waals surface area contributed by atoms with Gasteiger partial charge in [0, 0.05) is 19.3 Å². The first-order chi connectivity index (χ1) is 40.0. The number of hydrogen-bond acceptors (Lipinski definition) is 6. The zero-order valence-electron chi connectivity index (χ0n) is 53.8. The van der Waals surface area contributed by atoms with Gasteiger partial charge in [-0.3, -0.25) is 14.4 Å². The van der Waals surface area contributed by atoms with Crippen molar-refractivity contribution in [2.24, 2.45) is 0 Å². The van der Waals surface area contributed by atoms with Gasteiger partial charge in [0.25, 0.3) is 0 Å². The molecule has 6 nitrogen and oxygen atoms in total. The van der Waals surface area contributed by atoms with Crippen molar-refractivity contribution < 1.29 is 28.6 Å². The Morgan fingerprint density at radius 1 is 0.259 bits per heavy atom. The molecule has 0 saturated heterocycles. The van der Waals surface area contributed by atoms with E-state index in [9.17, 15) is 14.4 Å². The van der Waals surface area contributed by atoms with Crippen LogP contribution in [0.25, 0.3) is 0 Å². The lowest BCUT2D eigenvalue weighted by atomic mass is 10.0. The summed E-state index contributed by atoms with van der Waals surface area (Å²) < 4.78 is 16.9. The molecule has 0 aliphatic carbocycles. The van der Waals surface area contributed by atoms with Crippen molar-refractivity contribution in [2.45, 2.75) is 361 Å². The largest absolute Gasteiger partial charge is 0.462 e. The minimum atomic E-state index is -0.777. The molecular formula is C75H132O6. The molecule has 1 atom stereocenters. The Labute approximate surface area is 503 Å². The SMILES string of the molecule is CC/C=C\C/C=C\C/C=C\C/C=C\C/C=C\C/C=C\CCCCCCCCCCCCCCCCCCC(=O)OCC(COC(=O)CCCCCCCCCCCCCC)OC(=O)CCCCCCC/C=C\CCCCCCCCC. The Bertz CT molecular complexity index is 1530. The lowest BCUT2D eigenvalue weighted by Gasteiger charge is -2.18. The van der Waals surface area contributed by atoms with Crippen LogP contribution in [0.3, 0.4) is 0 Å². The third-order valence-electron chi connectivity index (χ3n) is 15.4. The molecule has 0 heterocycles. The molecule has 0 bridgehead atoms. The number of unbranched alkanes of at least 4 members (excludes halogenated alkanes) is 39. The van der Waals surface area contributed by atoms with Crippen LogP contribution in [0.15, 0.2) is 85.1 Å². The van der Waals surface area contributed by atoms with E-state index in [-0.39, 0.29) is 31.1 Å². The second kappa shape index (κ2) is 69.1. The predicted octanol–water partition coefficient (Wildman–Crippen LogP) is 24.2. The Balaban J connectivity index is 4.12. The highest BCUT2D eigenvalue weighted by Gasteiger charge is 2.19. The quantitative estimate of drug-likeness (QED) is 0.0261. The van der Waals surface area contributed by atoms with Gasteiger partial charge in [0.2, 0.25) is 0 Å². The monoisotopic (exact) mass is 1130 g/mol. The van der Waals surface area contributed by atoms with E-state index in [4.69, 9.17) is 14.2 Å². The van der Waals surface area contributed by atoms with Crippen LogP contribution in [0.2, 0.25) is 0 Å². The summed E-state index contributed by atoms with van der Waals surface area (Å²) in [5.41, 5.74) is 0. The molecule has 0 amide bonds. The van der Waals surface area contributed by atoms with Gasteiger partial charge in [-0.2, -0.15) is 0 Å². The summed E-state index contributed by atoms with van der Waals surface area (Å²) in [6, 6.07) is 0. The van der Waals surface area contributed by atoms with Crippen molar-refractivity contribution in [3.63, 3.8) is 0 Å². The van der Waals surface area contributed by atoms with Crippen LogP contribution in [-0.2, 0) is 28.6 Å². The van der Waals surface area contributed by atoms with Gasteiger partial charge in [-0.1, -0.05) is 324 Å². The van der Waals surface area contributed by atoms with Gasteiger partial charge < -0.3 is 14.2 Å². The molecule has 0 radical (unpaired) electrons. The fraction of sp³-hybridized carbons (Fsp3) is 0.773. The van der Waals surface area contributed by atoms with Gasteiger partial charge in [0.1, 0.15) is 13.2 Å². The number of rotatable bonds is 64. The van der Waals surface area contributed by atoms with Crippen LogP contribution in [0, 0.1) is 0 Å². The molecule has 0 N–H and O–H groups in total. The molecule has 81 heavy (non-hydrogen) atoms. The van der Waals surface area contributed by atoms with E-state index in [0.717, 1.165) is 103 Å². The first-order valence-electron chi connectivity index (χ1n) is 35.1. The third kappa shape index (κ3) is 67.3. The first-order valence-corrected chi connectivity index (χ1v) is 35.1. The summed E-state index contributed by atoms with van der Waals surface area (Å²) in [6.45, 7) is 6.56. The van der Waals surface area contributed by atoms with Crippen LogP contribution < -0.4 is 0 Å². The van der Waals surface area contributed by atoms with E-state index in [1.165, 1.54) is 212 Å². The molecule has 0 fully saturated rings. The summed E-state index contributed by atoms with van der Waals surface area (Å²) in [7, 11) is 0. The van der Waals surface area contributed by atoms with Crippen LogP contribution in [0.5, 0.6) is 0 Å². The molecular weight excluding hydrogens is 997 g/mol. The molecule has 0 aromatic rings. The number of allylic oxidation sites excluding steroid dienone is 14. The number of ether oxygens (including phenoxy) is 3. The average molecular weight is 1130 g/mol. The zero-order chi connectivity index (χ0) is 58.5. The van der Waals surface area contributed by atoms with Gasteiger partial charge in [0.05, 0.1) is 0 Å². The Morgan fingerprint density at radius 2 is 0.481 bits per heavy atom. The highest BCUT2D eigenvalue weighted by molar-refractivity contribution is 5.71. The van der Waals surface area contributed by atoms with Crippen molar-refractivity contribution >= 4 is 17.9 Å². The molecule has 468 valence electrons. The van der Waals surface area contributed by atoms with Crippen molar-refractivity contribution in [3.8, 4) is 0 Å². The average Bonchev–Trinajstić information content (AvgIpc) is 3.47. The van der Waals surface area contributed by atoms with Gasteiger partial charge >= 0.3 is 17.9 Å². The molecule has 0 saturated carbocycles. The summed E-state index contributed by atoms with van der Waals surface area (Å²) in [5, 5.41) is 0. The maximum atomic E-state index is 12.9. The fourth-order valence-electron chi connectivity index (χ4n) is 10.2. The second-order valence-corrected chi connectivity index (χ2v) is 23.4. The van der Waals surface area contributed by atoms with Crippen LogP contribution in [-0.4, -0.2) is 37.2 Å². The van der Waals surface area contributed by atoms with Crippen LogP contribution in [0.1, 0.15) is 355 Å². The van der Waals surface area contributed by atoms with Gasteiger partial charge in [-0.05, 0) is 96.3 Å². The second-order valence-electron chi connectivity index (χ2n) is 23.4. The van der Waals surface area contributed by atoms with Crippen molar-refractivity contribution in [1.29, 1.82) is 0 Å². The molecule has 0 aliphatic heterocycles. The van der Waals surface area contributed by atoms with Gasteiger partial charge in [-0.25, -0.2) is 0 Å². The standard InChI is InChI=1S/C75H132O6/c1-4-7-10-13-16-19-22-25-27-29-30-31-32-33-34-35-36-37-38-39-40-41-42-43-44-45-46-47-49-50-53-56-59-62-65-68-74(77)80-71-72(70-79-73(76)67-64-61-58-55-52-24-21-18-15-12-9-6-3)81-75(78)69-66-63-60-57-54-51-48-28-26-23-20-17-14-11-8-5-2/h7,10,16,19,25,27-28,30-31,33-34,36-37,48,72H,4-6,8-9,11-15,17-18,20-24,26,29,32,35,38-47,49-71H2,1-3H3/b10-7-,19-16-,27-25-,31-30-,34-33-,37-36-,48-28-. The number of hydrogen-bond donors (Lipinski definition) is 0. The lowest BCUT2D eigenvalue weighted by molar-refractivity contribution is -0.167. The van der Waals surface area contributed by atoms with Gasteiger partial charge in [0.15, 0.2) is 6.10 Å². The van der Waals surface area contributed by atoms with Crippen molar-refractivity contribution in [1.82, 2.24) is 0 Å². The maximum Gasteiger partial charge on any atom is 0.306 e. The van der Waals surface area contributed by atoms with E-state index in [1.54, 1.807) is 0 Å². The van der Waals surface area contributed by atoms with E-state index in [0.29, 0.717) is 19.3 Å².